The van der Waals surface area contributed by atoms with Crippen LogP contribution in [0.3, 0.4) is 0 Å². The molecule has 194 valence electrons. The van der Waals surface area contributed by atoms with Crippen molar-refractivity contribution in [3.8, 4) is 0 Å². The number of para-hydroxylation sites is 1. The average Bonchev–Trinajstić information content (AvgIpc) is 3.39. The van der Waals surface area contributed by atoms with Crippen molar-refractivity contribution in [3.63, 3.8) is 0 Å². The van der Waals surface area contributed by atoms with Crippen LogP contribution in [0, 0.1) is 17.0 Å². The Morgan fingerprint density at radius 2 is 1.72 bits per heavy atom. The highest BCUT2D eigenvalue weighted by Crippen LogP contribution is 2.37. The van der Waals surface area contributed by atoms with Gasteiger partial charge >= 0.3 is 0 Å². The third-order valence-corrected chi connectivity index (χ3v) is 6.68. The number of anilines is 1. The first kappa shape index (κ1) is 25.8. The van der Waals surface area contributed by atoms with Crippen LogP contribution in [0.25, 0.3) is 0 Å². The van der Waals surface area contributed by atoms with E-state index in [9.17, 15) is 14.9 Å². The van der Waals surface area contributed by atoms with Crippen LogP contribution in [-0.2, 0) is 0 Å². The molecule has 1 N–H and O–H groups in total. The number of hydrogen-bond acceptors (Lipinski definition) is 6. The molecular weight excluding hydrogens is 514 g/mol. The van der Waals surface area contributed by atoms with Gasteiger partial charge in [-0.15, -0.1) is 0 Å². The van der Waals surface area contributed by atoms with Gasteiger partial charge in [-0.05, 0) is 53.9 Å². The third-order valence-electron chi connectivity index (χ3n) is 6.43. The van der Waals surface area contributed by atoms with Gasteiger partial charge in [0.15, 0.2) is 0 Å². The highest BCUT2D eigenvalue weighted by Gasteiger charge is 2.30. The van der Waals surface area contributed by atoms with E-state index in [-0.39, 0.29) is 17.3 Å². The van der Waals surface area contributed by atoms with E-state index in [0.29, 0.717) is 5.02 Å². The number of hydrogen-bond donors (Lipinski definition) is 1. The van der Waals surface area contributed by atoms with Gasteiger partial charge in [-0.3, -0.25) is 19.9 Å². The summed E-state index contributed by atoms with van der Waals surface area (Å²) in [5.74, 6) is -0.656. The molecule has 0 spiro atoms. The lowest BCUT2D eigenvalue weighted by Gasteiger charge is -2.24. The number of rotatable bonds is 7. The van der Waals surface area contributed by atoms with Crippen LogP contribution in [0.1, 0.15) is 45.1 Å². The van der Waals surface area contributed by atoms with Crippen molar-refractivity contribution in [3.05, 3.63) is 140 Å². The van der Waals surface area contributed by atoms with Gasteiger partial charge in [0.05, 0.1) is 28.6 Å². The molecule has 0 fully saturated rings. The molecule has 0 aliphatic carbocycles. The molecule has 0 saturated heterocycles. The molecule has 4 aromatic rings. The molecule has 4 aromatic carbocycles. The van der Waals surface area contributed by atoms with Crippen LogP contribution in [-0.4, -0.2) is 22.8 Å². The maximum absolute atomic E-state index is 12.4. The Labute approximate surface area is 230 Å². The highest BCUT2D eigenvalue weighted by atomic mass is 35.5. The summed E-state index contributed by atoms with van der Waals surface area (Å²) >= 11 is 6.14. The van der Waals surface area contributed by atoms with Crippen molar-refractivity contribution in [2.24, 2.45) is 10.2 Å². The highest BCUT2D eigenvalue weighted by molar-refractivity contribution is 6.30. The van der Waals surface area contributed by atoms with Crippen molar-refractivity contribution in [2.45, 2.75) is 19.4 Å². The molecule has 1 heterocycles. The van der Waals surface area contributed by atoms with Gasteiger partial charge in [-0.1, -0.05) is 77.8 Å². The van der Waals surface area contributed by atoms with Crippen molar-refractivity contribution < 1.29 is 9.72 Å². The number of carbonyl (C=O) groups excluding carboxylic acids is 1. The van der Waals surface area contributed by atoms with Gasteiger partial charge in [0.2, 0.25) is 0 Å². The van der Waals surface area contributed by atoms with E-state index in [1.807, 2.05) is 53.5 Å². The number of hydrazone groups is 2. The Morgan fingerprint density at radius 1 is 1.03 bits per heavy atom. The number of nitrogens with one attached hydrogen (secondary N) is 1. The van der Waals surface area contributed by atoms with Crippen molar-refractivity contribution in [1.29, 1.82) is 0 Å². The zero-order valence-electron chi connectivity index (χ0n) is 21.0. The second kappa shape index (κ2) is 11.3. The van der Waals surface area contributed by atoms with Gasteiger partial charge < -0.3 is 0 Å². The van der Waals surface area contributed by atoms with E-state index in [0.717, 1.165) is 34.5 Å². The number of nitro benzene ring substituents is 1. The Morgan fingerprint density at radius 3 is 2.41 bits per heavy atom. The number of nitrogens with zero attached hydrogens (tertiary/aromatic N) is 4. The van der Waals surface area contributed by atoms with E-state index in [1.165, 1.54) is 30.0 Å². The lowest BCUT2D eigenvalue weighted by atomic mass is 9.98. The Kier molecular flexibility index (Phi) is 7.47. The number of nitro groups is 1. The number of amides is 1. The Hall–Kier alpha value is -4.82. The largest absolute Gasteiger partial charge is 0.282 e. The van der Waals surface area contributed by atoms with Crippen LogP contribution in [0.4, 0.5) is 11.4 Å². The summed E-state index contributed by atoms with van der Waals surface area (Å²) in [6.45, 7) is 2.06. The van der Waals surface area contributed by atoms with Gasteiger partial charge in [0, 0.05) is 17.5 Å². The number of benzene rings is 4. The van der Waals surface area contributed by atoms with E-state index in [2.05, 4.69) is 41.7 Å². The average molecular weight is 538 g/mol. The summed E-state index contributed by atoms with van der Waals surface area (Å²) in [5.41, 5.74) is 8.05. The molecular formula is C30H24ClN5O3. The fourth-order valence-corrected chi connectivity index (χ4v) is 4.50. The van der Waals surface area contributed by atoms with Gasteiger partial charge in [-0.2, -0.15) is 10.2 Å². The molecule has 1 atom stereocenters. The van der Waals surface area contributed by atoms with Gasteiger partial charge in [-0.25, -0.2) is 5.43 Å². The first-order valence-corrected chi connectivity index (χ1v) is 12.6. The van der Waals surface area contributed by atoms with Crippen LogP contribution in [0.2, 0.25) is 5.02 Å². The smallest absolute Gasteiger partial charge is 0.267 e. The zero-order chi connectivity index (χ0) is 27.4. The maximum atomic E-state index is 12.4. The molecule has 5 rings (SSSR count). The van der Waals surface area contributed by atoms with Crippen molar-refractivity contribution >= 4 is 40.8 Å². The summed E-state index contributed by atoms with van der Waals surface area (Å²) in [7, 11) is 0. The normalized spacial score (nSPS) is 14.9. The van der Waals surface area contributed by atoms with Crippen molar-refractivity contribution in [2.75, 3.05) is 5.01 Å². The monoisotopic (exact) mass is 537 g/mol. The summed E-state index contributed by atoms with van der Waals surface area (Å²) < 4.78 is 0. The number of halogens is 1. The van der Waals surface area contributed by atoms with Crippen molar-refractivity contribution in [1.82, 2.24) is 5.43 Å². The SMILES string of the molecule is Cc1ccc(C2=NN(c3ccc(C=NNC(=O)c4ccccc4[N+](=O)[O-])cc3)C(c3ccc(Cl)cc3)C2)cc1. The molecule has 39 heavy (non-hydrogen) atoms. The first-order chi connectivity index (χ1) is 18.9. The van der Waals surface area contributed by atoms with Crippen LogP contribution in [0.5, 0.6) is 0 Å². The van der Waals surface area contributed by atoms with Gasteiger partial charge in [0.1, 0.15) is 5.56 Å². The minimum absolute atomic E-state index is 0.000891. The van der Waals surface area contributed by atoms with Gasteiger partial charge in [0.25, 0.3) is 11.6 Å². The molecule has 1 unspecified atom stereocenters. The molecule has 8 nitrogen and oxygen atoms in total. The molecule has 1 amide bonds. The Balaban J connectivity index is 1.35. The van der Waals surface area contributed by atoms with Crippen LogP contribution >= 0.6 is 11.6 Å². The summed E-state index contributed by atoms with van der Waals surface area (Å²) in [4.78, 5) is 23.0. The lowest BCUT2D eigenvalue weighted by molar-refractivity contribution is -0.385. The first-order valence-electron chi connectivity index (χ1n) is 12.2. The van der Waals surface area contributed by atoms with E-state index in [1.54, 1.807) is 6.07 Å². The predicted molar refractivity (Wildman–Crippen MR) is 154 cm³/mol. The number of carbonyl (C=O) groups is 1. The second-order valence-corrected chi connectivity index (χ2v) is 9.53. The van der Waals surface area contributed by atoms with E-state index >= 15 is 0 Å². The molecule has 9 heteroatoms. The maximum Gasteiger partial charge on any atom is 0.282 e. The minimum atomic E-state index is -0.656. The predicted octanol–water partition coefficient (Wildman–Crippen LogP) is 6.68. The number of aryl methyl sites for hydroxylation is 1. The fourth-order valence-electron chi connectivity index (χ4n) is 4.38. The molecule has 1 aliphatic heterocycles. The fraction of sp³-hybridized carbons (Fsp3) is 0.100. The topological polar surface area (TPSA) is 100 Å². The quantitative estimate of drug-likeness (QED) is 0.161. The zero-order valence-corrected chi connectivity index (χ0v) is 21.7. The Bertz CT molecular complexity index is 1570. The van der Waals surface area contributed by atoms with Crippen LogP contribution in [0.15, 0.2) is 107 Å². The standard InChI is InChI=1S/C30H24ClN5O3/c1-20-6-10-22(11-7-20)27-18-29(23-12-14-24(31)15-13-23)35(34-27)25-16-8-21(9-17-25)19-32-33-30(37)26-4-2-3-5-28(26)36(38)39/h2-17,19,29H,18H2,1H3,(H,33,37). The third kappa shape index (κ3) is 5.86. The van der Waals surface area contributed by atoms with E-state index < -0.39 is 10.8 Å². The van der Waals surface area contributed by atoms with E-state index in [4.69, 9.17) is 16.7 Å². The summed E-state index contributed by atoms with van der Waals surface area (Å²) in [6, 6.07) is 29.5. The summed E-state index contributed by atoms with van der Waals surface area (Å²) in [6.07, 6.45) is 2.23. The molecule has 0 saturated carbocycles. The minimum Gasteiger partial charge on any atom is -0.267 e. The molecule has 0 radical (unpaired) electrons. The molecule has 0 aromatic heterocycles. The molecule has 1 aliphatic rings. The lowest BCUT2D eigenvalue weighted by Crippen LogP contribution is -2.19. The summed E-state index contributed by atoms with van der Waals surface area (Å²) in [5, 5.41) is 22.8. The molecule has 0 bridgehead atoms. The second-order valence-electron chi connectivity index (χ2n) is 9.09. The van der Waals surface area contributed by atoms with Crippen LogP contribution < -0.4 is 10.4 Å².